The van der Waals surface area contributed by atoms with Gasteiger partial charge in [0.15, 0.2) is 5.69 Å². The molecule has 3 atom stereocenters. The van der Waals surface area contributed by atoms with Gasteiger partial charge in [-0.05, 0) is 30.7 Å². The highest BCUT2D eigenvalue weighted by molar-refractivity contribution is 6.21. The molecule has 0 bridgehead atoms. The lowest BCUT2D eigenvalue weighted by Gasteiger charge is -2.27. The average Bonchev–Trinajstić information content (AvgIpc) is 3.05. The van der Waals surface area contributed by atoms with E-state index in [-0.39, 0.29) is 17.4 Å². The van der Waals surface area contributed by atoms with Crippen LogP contribution < -0.4 is 4.74 Å². The number of hydrogen-bond donors (Lipinski definition) is 1. The molecule has 1 N–H and O–H groups in total. The van der Waals surface area contributed by atoms with Crippen molar-refractivity contribution in [2.75, 3.05) is 0 Å². The Kier molecular flexibility index (Phi) is 4.68. The maximum atomic E-state index is 12.8. The number of hydrogen-bond acceptors (Lipinski definition) is 4. The highest BCUT2D eigenvalue weighted by atomic mass is 35.5. The summed E-state index contributed by atoms with van der Waals surface area (Å²) in [5.41, 5.74) is -0.104. The number of rotatable bonds is 3. The number of benzene rings is 1. The molecule has 25 heavy (non-hydrogen) atoms. The largest absolute Gasteiger partial charge is 0.485 e. The van der Waals surface area contributed by atoms with Crippen LogP contribution in [0.25, 0.3) is 0 Å². The first-order valence-corrected chi connectivity index (χ1v) is 7.79. The third-order valence-electron chi connectivity index (χ3n) is 3.83. The van der Waals surface area contributed by atoms with Gasteiger partial charge in [0, 0.05) is 5.92 Å². The molecule has 1 aromatic carbocycles. The molecule has 130 valence electrons. The van der Waals surface area contributed by atoms with Crippen LogP contribution in [0.5, 0.6) is 5.75 Å². The van der Waals surface area contributed by atoms with Crippen LogP contribution in [-0.4, -0.2) is 26.9 Å². The molecule has 0 radical (unpaired) electrons. The second-order valence-corrected chi connectivity index (χ2v) is 6.08. The van der Waals surface area contributed by atoms with Crippen LogP contribution >= 0.6 is 11.6 Å². The molecule has 0 saturated heterocycles. The molecular formula is C16H12ClF3N4O. The van der Waals surface area contributed by atoms with Crippen LogP contribution in [0.4, 0.5) is 13.2 Å². The lowest BCUT2D eigenvalue weighted by atomic mass is 9.90. The Morgan fingerprint density at radius 3 is 2.76 bits per heavy atom. The van der Waals surface area contributed by atoms with Gasteiger partial charge in [-0.3, -0.25) is 0 Å². The number of aromatic nitrogens is 3. The third kappa shape index (κ3) is 3.77. The van der Waals surface area contributed by atoms with E-state index < -0.39 is 23.2 Å². The van der Waals surface area contributed by atoms with Crippen molar-refractivity contribution < 1.29 is 17.9 Å². The standard InChI is InChI=1S/C16H12ClF3N4O/c17-12-6-9(15-13(8-21)22-24-23-15)4-5-14(12)25-11-3-1-2-10(7-11)16(18,19)20/h1-5,7,9,12,14H,6H2,(H,22,23,24). The van der Waals surface area contributed by atoms with Gasteiger partial charge in [0.05, 0.1) is 10.9 Å². The quantitative estimate of drug-likeness (QED) is 0.660. The number of halogens is 4. The van der Waals surface area contributed by atoms with Gasteiger partial charge in [0.1, 0.15) is 23.6 Å². The minimum Gasteiger partial charge on any atom is -0.485 e. The highest BCUT2D eigenvalue weighted by Gasteiger charge is 2.32. The zero-order valence-corrected chi connectivity index (χ0v) is 13.4. The lowest BCUT2D eigenvalue weighted by Crippen LogP contribution is -2.30. The van der Waals surface area contributed by atoms with E-state index in [0.29, 0.717) is 12.1 Å². The zero-order valence-electron chi connectivity index (χ0n) is 12.7. The van der Waals surface area contributed by atoms with Crippen LogP contribution in [-0.2, 0) is 6.18 Å². The summed E-state index contributed by atoms with van der Waals surface area (Å²) in [5.74, 6) is -0.120. The fourth-order valence-electron chi connectivity index (χ4n) is 2.62. The number of allylic oxidation sites excluding steroid dienone is 1. The normalized spacial score (nSPS) is 23.2. The summed E-state index contributed by atoms with van der Waals surface area (Å²) < 4.78 is 43.9. The molecule has 5 nitrogen and oxygen atoms in total. The molecular weight excluding hydrogens is 357 g/mol. The first kappa shape index (κ1) is 17.3. The van der Waals surface area contributed by atoms with Gasteiger partial charge < -0.3 is 4.74 Å². The highest BCUT2D eigenvalue weighted by Crippen LogP contribution is 2.35. The summed E-state index contributed by atoms with van der Waals surface area (Å²) in [5, 5.41) is 18.6. The molecule has 1 aliphatic rings. The van der Waals surface area contributed by atoms with E-state index in [9.17, 15) is 13.2 Å². The maximum Gasteiger partial charge on any atom is 0.416 e. The van der Waals surface area contributed by atoms with E-state index in [1.807, 2.05) is 6.07 Å². The van der Waals surface area contributed by atoms with Crippen molar-refractivity contribution in [2.45, 2.75) is 30.0 Å². The molecule has 1 aromatic heterocycles. The van der Waals surface area contributed by atoms with Gasteiger partial charge in [-0.25, -0.2) is 0 Å². The Balaban J connectivity index is 1.75. The van der Waals surface area contributed by atoms with E-state index in [2.05, 4.69) is 15.4 Å². The zero-order chi connectivity index (χ0) is 18.0. The Hall–Kier alpha value is -2.53. The predicted octanol–water partition coefficient (Wildman–Crippen LogP) is 3.79. The molecule has 3 rings (SSSR count). The van der Waals surface area contributed by atoms with Crippen molar-refractivity contribution in [3.8, 4) is 11.8 Å². The number of H-pyrrole nitrogens is 1. The van der Waals surface area contributed by atoms with Gasteiger partial charge in [0.2, 0.25) is 0 Å². The van der Waals surface area contributed by atoms with Gasteiger partial charge in [-0.15, -0.1) is 16.7 Å². The lowest BCUT2D eigenvalue weighted by molar-refractivity contribution is -0.137. The van der Waals surface area contributed by atoms with Crippen LogP contribution in [0.1, 0.15) is 29.3 Å². The fourth-order valence-corrected chi connectivity index (χ4v) is 2.95. The Morgan fingerprint density at radius 2 is 2.08 bits per heavy atom. The van der Waals surface area contributed by atoms with Crippen molar-refractivity contribution in [3.05, 3.63) is 53.4 Å². The van der Waals surface area contributed by atoms with Gasteiger partial charge in [-0.2, -0.15) is 28.7 Å². The van der Waals surface area contributed by atoms with E-state index in [0.717, 1.165) is 12.1 Å². The van der Waals surface area contributed by atoms with Crippen molar-refractivity contribution >= 4 is 11.6 Å². The summed E-state index contributed by atoms with van der Waals surface area (Å²) in [6.45, 7) is 0. The number of nitrogens with zero attached hydrogens (tertiary/aromatic N) is 3. The number of aromatic amines is 1. The second kappa shape index (κ2) is 6.76. The Labute approximate surface area is 146 Å². The molecule has 3 unspecified atom stereocenters. The minimum atomic E-state index is -4.44. The molecule has 0 saturated carbocycles. The minimum absolute atomic E-state index is 0.0905. The molecule has 0 aliphatic heterocycles. The SMILES string of the molecule is N#Cc1n[nH]nc1C1C=CC(Oc2cccc(C(F)(F)F)c2)C(Cl)C1. The second-order valence-electron chi connectivity index (χ2n) is 5.52. The molecule has 1 aliphatic carbocycles. The van der Waals surface area contributed by atoms with Crippen molar-refractivity contribution in [1.29, 1.82) is 5.26 Å². The summed E-state index contributed by atoms with van der Waals surface area (Å²) in [7, 11) is 0. The van der Waals surface area contributed by atoms with Gasteiger partial charge >= 0.3 is 6.18 Å². The van der Waals surface area contributed by atoms with Crippen LogP contribution in [0.3, 0.4) is 0 Å². The predicted molar refractivity (Wildman–Crippen MR) is 83.1 cm³/mol. The third-order valence-corrected chi connectivity index (χ3v) is 4.26. The smallest absolute Gasteiger partial charge is 0.416 e. The van der Waals surface area contributed by atoms with E-state index in [1.54, 1.807) is 12.2 Å². The van der Waals surface area contributed by atoms with Crippen molar-refractivity contribution in [1.82, 2.24) is 15.4 Å². The van der Waals surface area contributed by atoms with Gasteiger partial charge in [-0.1, -0.05) is 12.1 Å². The molecule has 2 aromatic rings. The van der Waals surface area contributed by atoms with Gasteiger partial charge in [0.25, 0.3) is 0 Å². The number of nitriles is 1. The molecule has 0 fully saturated rings. The molecule has 9 heteroatoms. The topological polar surface area (TPSA) is 74.6 Å². The van der Waals surface area contributed by atoms with Crippen LogP contribution in [0.2, 0.25) is 0 Å². The van der Waals surface area contributed by atoms with E-state index >= 15 is 0 Å². The Morgan fingerprint density at radius 1 is 1.28 bits per heavy atom. The van der Waals surface area contributed by atoms with Crippen LogP contribution in [0, 0.1) is 11.3 Å². The fraction of sp³-hybridized carbons (Fsp3) is 0.312. The summed E-state index contributed by atoms with van der Waals surface area (Å²) in [6.07, 6.45) is -1.16. The molecule has 0 spiro atoms. The summed E-state index contributed by atoms with van der Waals surface area (Å²) >= 11 is 6.33. The van der Waals surface area contributed by atoms with Crippen molar-refractivity contribution in [3.63, 3.8) is 0 Å². The Bertz CT molecular complexity index is 827. The first-order valence-electron chi connectivity index (χ1n) is 7.35. The average molecular weight is 369 g/mol. The maximum absolute atomic E-state index is 12.8. The number of alkyl halides is 4. The van der Waals surface area contributed by atoms with E-state index in [1.165, 1.54) is 12.1 Å². The monoisotopic (exact) mass is 368 g/mol. The summed E-state index contributed by atoms with van der Waals surface area (Å²) in [6, 6.07) is 6.59. The first-order chi connectivity index (χ1) is 11.9. The van der Waals surface area contributed by atoms with E-state index in [4.69, 9.17) is 21.6 Å². The van der Waals surface area contributed by atoms with Crippen molar-refractivity contribution in [2.24, 2.45) is 0 Å². The summed E-state index contributed by atoms with van der Waals surface area (Å²) in [4.78, 5) is 0. The molecule has 1 heterocycles. The molecule has 0 amide bonds. The number of nitrogens with one attached hydrogen (secondary N) is 1. The number of ether oxygens (including phenoxy) is 1. The van der Waals surface area contributed by atoms with Crippen LogP contribution in [0.15, 0.2) is 36.4 Å².